The fraction of sp³-hybridized carbons (Fsp3) is 0.500. The maximum atomic E-state index is 14.0. The molecule has 2 rings (SSSR count). The van der Waals surface area contributed by atoms with E-state index in [0.717, 1.165) is 13.0 Å². The Hall–Kier alpha value is -1.66. The van der Waals surface area contributed by atoms with Crippen molar-refractivity contribution in [2.24, 2.45) is 16.8 Å². The second-order valence-electron chi connectivity index (χ2n) is 5.36. The summed E-state index contributed by atoms with van der Waals surface area (Å²) in [5, 5.41) is 21.3. The van der Waals surface area contributed by atoms with E-state index in [2.05, 4.69) is 5.16 Å². The molecule has 0 saturated carbocycles. The van der Waals surface area contributed by atoms with Crippen LogP contribution in [-0.2, 0) is 6.54 Å². The predicted molar refractivity (Wildman–Crippen MR) is 74.0 cm³/mol. The first-order valence-electron chi connectivity index (χ1n) is 6.68. The molecule has 2 atom stereocenters. The van der Waals surface area contributed by atoms with E-state index in [1.165, 1.54) is 6.07 Å². The number of aliphatic hydroxyl groups excluding tert-OH is 1. The maximum Gasteiger partial charge on any atom is 0.170 e. The molecule has 6 heteroatoms. The van der Waals surface area contributed by atoms with Crippen LogP contribution in [0.5, 0.6) is 0 Å². The summed E-state index contributed by atoms with van der Waals surface area (Å²) in [6.45, 7) is 3.88. The Labute approximate surface area is 117 Å². The molecule has 1 aromatic rings. The Morgan fingerprint density at radius 3 is 2.90 bits per heavy atom. The lowest BCUT2D eigenvalue weighted by atomic mass is 9.95. The topological polar surface area (TPSA) is 82.1 Å². The molecule has 1 aromatic carbocycles. The van der Waals surface area contributed by atoms with Crippen molar-refractivity contribution in [3.63, 3.8) is 0 Å². The van der Waals surface area contributed by atoms with E-state index >= 15 is 0 Å². The van der Waals surface area contributed by atoms with Gasteiger partial charge in [0.1, 0.15) is 5.82 Å². The first kappa shape index (κ1) is 14.7. The highest BCUT2D eigenvalue weighted by Crippen LogP contribution is 2.20. The molecule has 110 valence electrons. The van der Waals surface area contributed by atoms with Crippen molar-refractivity contribution in [2.75, 3.05) is 13.1 Å². The summed E-state index contributed by atoms with van der Waals surface area (Å²) in [5.41, 5.74) is 6.31. The van der Waals surface area contributed by atoms with E-state index in [1.54, 1.807) is 12.1 Å². The van der Waals surface area contributed by atoms with Crippen LogP contribution in [0.3, 0.4) is 0 Å². The summed E-state index contributed by atoms with van der Waals surface area (Å²) >= 11 is 0. The number of amidine groups is 1. The number of rotatable bonds is 3. The largest absolute Gasteiger partial charge is 0.409 e. The predicted octanol–water partition coefficient (Wildman–Crippen LogP) is 1.12. The van der Waals surface area contributed by atoms with Crippen molar-refractivity contribution >= 4 is 5.84 Å². The molecule has 0 bridgehead atoms. The van der Waals surface area contributed by atoms with Gasteiger partial charge in [0.05, 0.1) is 6.10 Å². The molecule has 1 aliphatic rings. The first-order chi connectivity index (χ1) is 9.51. The van der Waals surface area contributed by atoms with E-state index in [1.807, 2.05) is 11.8 Å². The van der Waals surface area contributed by atoms with Crippen molar-refractivity contribution in [3.8, 4) is 0 Å². The first-order valence-corrected chi connectivity index (χ1v) is 6.68. The molecule has 1 fully saturated rings. The number of benzene rings is 1. The van der Waals surface area contributed by atoms with Gasteiger partial charge in [0.2, 0.25) is 0 Å². The monoisotopic (exact) mass is 281 g/mol. The molecular weight excluding hydrogens is 261 g/mol. The number of β-amino-alcohol motifs (C(OH)–C–C–N with tert-alkyl or cyclic N) is 1. The summed E-state index contributed by atoms with van der Waals surface area (Å²) in [7, 11) is 0. The summed E-state index contributed by atoms with van der Waals surface area (Å²) in [4.78, 5) is 2.03. The summed E-state index contributed by atoms with van der Waals surface area (Å²) in [6.07, 6.45) is 0.550. The molecule has 0 spiro atoms. The van der Waals surface area contributed by atoms with E-state index in [-0.39, 0.29) is 17.8 Å². The quantitative estimate of drug-likeness (QED) is 0.336. The maximum absolute atomic E-state index is 14.0. The fourth-order valence-corrected chi connectivity index (χ4v) is 2.39. The third-order valence-electron chi connectivity index (χ3n) is 3.85. The lowest BCUT2D eigenvalue weighted by Gasteiger charge is -2.34. The standard InChI is InChI=1S/C14H20FN3O2/c1-9-4-5-18(8-13(9)19)7-11-3-2-10(6-12(11)15)14(16)17-20/h2-3,6,9,13,19-20H,4-5,7-8H2,1H3,(H2,16,17). The van der Waals surface area contributed by atoms with Crippen molar-refractivity contribution < 1.29 is 14.7 Å². The van der Waals surface area contributed by atoms with Crippen LogP contribution in [0.1, 0.15) is 24.5 Å². The second-order valence-corrected chi connectivity index (χ2v) is 5.36. The Morgan fingerprint density at radius 2 is 2.30 bits per heavy atom. The number of piperidine rings is 1. The van der Waals surface area contributed by atoms with Crippen molar-refractivity contribution in [2.45, 2.75) is 26.0 Å². The molecule has 1 aliphatic heterocycles. The molecule has 1 heterocycles. The number of aliphatic hydroxyl groups is 1. The number of likely N-dealkylation sites (tertiary alicyclic amines) is 1. The van der Waals surface area contributed by atoms with Gasteiger partial charge in [0.25, 0.3) is 0 Å². The van der Waals surface area contributed by atoms with Gasteiger partial charge in [-0.25, -0.2) is 4.39 Å². The van der Waals surface area contributed by atoms with Gasteiger partial charge < -0.3 is 16.0 Å². The normalized spacial score (nSPS) is 24.9. The highest BCUT2D eigenvalue weighted by atomic mass is 19.1. The number of nitrogens with zero attached hydrogens (tertiary/aromatic N) is 2. The van der Waals surface area contributed by atoms with Crippen molar-refractivity contribution in [1.82, 2.24) is 4.90 Å². The van der Waals surface area contributed by atoms with Crippen LogP contribution in [0.2, 0.25) is 0 Å². The average molecular weight is 281 g/mol. The van der Waals surface area contributed by atoms with Crippen molar-refractivity contribution in [3.05, 3.63) is 35.1 Å². The van der Waals surface area contributed by atoms with E-state index in [9.17, 15) is 9.50 Å². The van der Waals surface area contributed by atoms with Gasteiger partial charge in [-0.2, -0.15) is 0 Å². The van der Waals surface area contributed by atoms with Crippen molar-refractivity contribution in [1.29, 1.82) is 0 Å². The van der Waals surface area contributed by atoms with Gasteiger partial charge in [0.15, 0.2) is 5.84 Å². The minimum atomic E-state index is -0.387. The Balaban J connectivity index is 2.07. The number of nitrogens with two attached hydrogens (primary N) is 1. The molecule has 20 heavy (non-hydrogen) atoms. The van der Waals surface area contributed by atoms with E-state index < -0.39 is 0 Å². The third kappa shape index (κ3) is 3.26. The Kier molecular flexibility index (Phi) is 4.57. The van der Waals surface area contributed by atoms with Crippen LogP contribution >= 0.6 is 0 Å². The molecule has 5 nitrogen and oxygen atoms in total. The zero-order valence-corrected chi connectivity index (χ0v) is 11.5. The lowest BCUT2D eigenvalue weighted by Crippen LogP contribution is -2.42. The van der Waals surface area contributed by atoms with Gasteiger partial charge in [-0.15, -0.1) is 0 Å². The minimum Gasteiger partial charge on any atom is -0.409 e. The second kappa shape index (κ2) is 6.19. The van der Waals surface area contributed by atoms with Crippen LogP contribution in [0.25, 0.3) is 0 Å². The zero-order chi connectivity index (χ0) is 14.7. The molecular formula is C14H20FN3O2. The van der Waals surface area contributed by atoms with Gasteiger partial charge in [-0.3, -0.25) is 4.90 Å². The zero-order valence-electron chi connectivity index (χ0n) is 11.5. The van der Waals surface area contributed by atoms with E-state index in [0.29, 0.717) is 30.1 Å². The van der Waals surface area contributed by atoms with Crippen LogP contribution < -0.4 is 5.73 Å². The van der Waals surface area contributed by atoms with E-state index in [4.69, 9.17) is 10.9 Å². The summed E-state index contributed by atoms with van der Waals surface area (Å²) in [6, 6.07) is 4.51. The number of hydrogen-bond acceptors (Lipinski definition) is 4. The lowest BCUT2D eigenvalue weighted by molar-refractivity contribution is 0.0255. The summed E-state index contributed by atoms with van der Waals surface area (Å²) in [5.74, 6) is -0.209. The minimum absolute atomic E-state index is 0.113. The van der Waals surface area contributed by atoms with Crippen LogP contribution in [0, 0.1) is 11.7 Å². The SMILES string of the molecule is CC1CCN(Cc2ccc(/C(N)=N/O)cc2F)CC1O. The molecule has 4 N–H and O–H groups in total. The molecule has 2 unspecified atom stereocenters. The third-order valence-corrected chi connectivity index (χ3v) is 3.85. The molecule has 0 aliphatic carbocycles. The molecule has 0 radical (unpaired) electrons. The smallest absolute Gasteiger partial charge is 0.170 e. The van der Waals surface area contributed by atoms with Crippen LogP contribution in [0.15, 0.2) is 23.4 Å². The van der Waals surface area contributed by atoms with Gasteiger partial charge in [-0.05, 0) is 24.9 Å². The Morgan fingerprint density at radius 1 is 1.55 bits per heavy atom. The number of oxime groups is 1. The Bertz CT molecular complexity index is 507. The van der Waals surface area contributed by atoms with Gasteiger partial charge in [-0.1, -0.05) is 24.2 Å². The number of hydrogen-bond donors (Lipinski definition) is 3. The fourth-order valence-electron chi connectivity index (χ4n) is 2.39. The highest BCUT2D eigenvalue weighted by molar-refractivity contribution is 5.97. The van der Waals surface area contributed by atoms with Gasteiger partial charge >= 0.3 is 0 Å². The highest BCUT2D eigenvalue weighted by Gasteiger charge is 2.24. The van der Waals surface area contributed by atoms with Gasteiger partial charge in [0, 0.05) is 24.2 Å². The summed E-state index contributed by atoms with van der Waals surface area (Å²) < 4.78 is 14.0. The van der Waals surface area contributed by atoms with Crippen LogP contribution in [0.4, 0.5) is 4.39 Å². The molecule has 1 saturated heterocycles. The molecule has 0 aromatic heterocycles. The number of halogens is 1. The molecule has 0 amide bonds. The van der Waals surface area contributed by atoms with Crippen LogP contribution in [-0.4, -0.2) is 40.2 Å². The average Bonchev–Trinajstić information content (AvgIpc) is 2.44.